The van der Waals surface area contributed by atoms with Crippen LogP contribution in [0.3, 0.4) is 0 Å². The number of hydrogen-bond acceptors (Lipinski definition) is 9. The van der Waals surface area contributed by atoms with E-state index in [2.05, 4.69) is 17.9 Å². The first-order chi connectivity index (χ1) is 11.1. The van der Waals surface area contributed by atoms with Gasteiger partial charge in [-0.3, -0.25) is 19.2 Å². The van der Waals surface area contributed by atoms with E-state index in [4.69, 9.17) is 18.9 Å². The van der Waals surface area contributed by atoms with Gasteiger partial charge in [-0.15, -0.1) is 12.6 Å². The largest absolute Gasteiger partial charge is 0.463 e. The van der Waals surface area contributed by atoms with Crippen molar-refractivity contribution in [1.82, 2.24) is 5.32 Å². The van der Waals surface area contributed by atoms with Crippen LogP contribution in [0.5, 0.6) is 0 Å². The highest BCUT2D eigenvalue weighted by Gasteiger charge is 2.49. The molecule has 1 aliphatic rings. The molecule has 136 valence electrons. The van der Waals surface area contributed by atoms with Crippen molar-refractivity contribution in [2.75, 3.05) is 6.61 Å². The molecular weight excluding hydrogens is 342 g/mol. The van der Waals surface area contributed by atoms with E-state index in [1.807, 2.05) is 0 Å². The summed E-state index contributed by atoms with van der Waals surface area (Å²) >= 11 is 4.24. The summed E-state index contributed by atoms with van der Waals surface area (Å²) in [6.45, 7) is 4.62. The first-order valence-electron chi connectivity index (χ1n) is 7.20. The van der Waals surface area contributed by atoms with Crippen LogP contribution in [0.1, 0.15) is 27.7 Å². The standard InChI is InChI=1S/C14H21NO8S/c1-6(16)15-11-13(22-9(4)19)12(21-8(3)18)10(23-14(11)24)5-20-7(2)17/h10-14,24H,5H2,1-4H3,(H,15,16)/t10?,11?,12-,13?,14-/m0/s1. The summed E-state index contributed by atoms with van der Waals surface area (Å²) in [4.78, 5) is 45.2. The molecule has 3 unspecified atom stereocenters. The van der Waals surface area contributed by atoms with Crippen molar-refractivity contribution >= 4 is 36.4 Å². The molecule has 1 saturated heterocycles. The molecule has 1 amide bonds. The topological polar surface area (TPSA) is 117 Å². The minimum absolute atomic E-state index is 0.227. The van der Waals surface area contributed by atoms with Gasteiger partial charge in [0.2, 0.25) is 5.91 Å². The molecule has 0 aromatic carbocycles. The third kappa shape index (κ3) is 6.00. The Morgan fingerprint density at radius 2 is 1.50 bits per heavy atom. The summed E-state index contributed by atoms with van der Waals surface area (Å²) in [6, 6.07) is -0.854. The molecule has 0 bridgehead atoms. The van der Waals surface area contributed by atoms with Crippen molar-refractivity contribution in [1.29, 1.82) is 0 Å². The number of rotatable bonds is 5. The molecule has 1 N–H and O–H groups in total. The Morgan fingerprint density at radius 3 is 1.96 bits per heavy atom. The lowest BCUT2D eigenvalue weighted by Crippen LogP contribution is -2.64. The average Bonchev–Trinajstić information content (AvgIpc) is 2.42. The van der Waals surface area contributed by atoms with Crippen molar-refractivity contribution in [2.45, 2.75) is 57.5 Å². The summed E-state index contributed by atoms with van der Waals surface area (Å²) in [6.07, 6.45) is -3.03. The van der Waals surface area contributed by atoms with Gasteiger partial charge in [0.1, 0.15) is 24.2 Å². The highest BCUT2D eigenvalue weighted by atomic mass is 32.1. The van der Waals surface area contributed by atoms with E-state index < -0.39 is 53.6 Å². The van der Waals surface area contributed by atoms with Crippen molar-refractivity contribution in [2.24, 2.45) is 0 Å². The van der Waals surface area contributed by atoms with Crippen LogP contribution in [0.4, 0.5) is 0 Å². The van der Waals surface area contributed by atoms with Gasteiger partial charge in [-0.2, -0.15) is 0 Å². The molecule has 1 fully saturated rings. The molecule has 10 heteroatoms. The number of hydrogen-bond donors (Lipinski definition) is 2. The first-order valence-corrected chi connectivity index (χ1v) is 7.72. The Labute approximate surface area is 144 Å². The van der Waals surface area contributed by atoms with Gasteiger partial charge in [0, 0.05) is 27.7 Å². The Morgan fingerprint density at radius 1 is 0.958 bits per heavy atom. The third-order valence-electron chi connectivity index (χ3n) is 3.09. The highest BCUT2D eigenvalue weighted by molar-refractivity contribution is 7.80. The maximum atomic E-state index is 11.4. The van der Waals surface area contributed by atoms with Crippen molar-refractivity contribution < 1.29 is 38.1 Å². The second kappa shape index (κ2) is 8.88. The maximum Gasteiger partial charge on any atom is 0.303 e. The fourth-order valence-corrected chi connectivity index (χ4v) is 2.71. The van der Waals surface area contributed by atoms with Crippen LogP contribution in [0.25, 0.3) is 0 Å². The van der Waals surface area contributed by atoms with Gasteiger partial charge in [-0.1, -0.05) is 0 Å². The second-order valence-corrected chi connectivity index (χ2v) is 5.75. The fraction of sp³-hybridized carbons (Fsp3) is 0.714. The Hall–Kier alpha value is -1.81. The Balaban J connectivity index is 3.11. The maximum absolute atomic E-state index is 11.4. The van der Waals surface area contributed by atoms with Gasteiger partial charge in [0.05, 0.1) is 0 Å². The van der Waals surface area contributed by atoms with Crippen LogP contribution < -0.4 is 5.32 Å². The van der Waals surface area contributed by atoms with Crippen LogP contribution >= 0.6 is 12.6 Å². The molecule has 0 aliphatic carbocycles. The van der Waals surface area contributed by atoms with E-state index in [0.717, 1.165) is 0 Å². The average molecular weight is 363 g/mol. The zero-order valence-electron chi connectivity index (χ0n) is 13.8. The molecule has 9 nitrogen and oxygen atoms in total. The zero-order chi connectivity index (χ0) is 18.4. The lowest BCUT2D eigenvalue weighted by molar-refractivity contribution is -0.211. The quantitative estimate of drug-likeness (QED) is 0.384. The predicted molar refractivity (Wildman–Crippen MR) is 83.0 cm³/mol. The van der Waals surface area contributed by atoms with E-state index >= 15 is 0 Å². The van der Waals surface area contributed by atoms with E-state index in [9.17, 15) is 19.2 Å². The van der Waals surface area contributed by atoms with Gasteiger partial charge < -0.3 is 24.3 Å². The van der Waals surface area contributed by atoms with Gasteiger partial charge in [0.15, 0.2) is 12.2 Å². The zero-order valence-corrected chi connectivity index (χ0v) is 14.7. The van der Waals surface area contributed by atoms with Gasteiger partial charge in [-0.25, -0.2) is 0 Å². The van der Waals surface area contributed by atoms with Crippen molar-refractivity contribution in [3.8, 4) is 0 Å². The minimum Gasteiger partial charge on any atom is -0.463 e. The molecule has 1 rings (SSSR count). The number of carbonyl (C=O) groups excluding carboxylic acids is 4. The van der Waals surface area contributed by atoms with Crippen LogP contribution in [-0.4, -0.2) is 60.2 Å². The number of esters is 3. The van der Waals surface area contributed by atoms with Crippen LogP contribution in [-0.2, 0) is 38.1 Å². The fourth-order valence-electron chi connectivity index (χ4n) is 2.31. The van der Waals surface area contributed by atoms with Crippen molar-refractivity contribution in [3.05, 3.63) is 0 Å². The van der Waals surface area contributed by atoms with Crippen LogP contribution in [0.2, 0.25) is 0 Å². The van der Waals surface area contributed by atoms with Gasteiger partial charge in [0.25, 0.3) is 0 Å². The summed E-state index contributed by atoms with van der Waals surface area (Å²) in [7, 11) is 0. The number of nitrogens with one attached hydrogen (secondary N) is 1. The minimum atomic E-state index is -1.08. The summed E-state index contributed by atoms with van der Waals surface area (Å²) in [5, 5.41) is 2.56. The molecule has 24 heavy (non-hydrogen) atoms. The second-order valence-electron chi connectivity index (χ2n) is 5.24. The van der Waals surface area contributed by atoms with E-state index in [1.54, 1.807) is 0 Å². The molecular formula is C14H21NO8S. The van der Waals surface area contributed by atoms with Crippen molar-refractivity contribution in [3.63, 3.8) is 0 Å². The predicted octanol–water partition coefficient (Wildman–Crippen LogP) is -0.428. The van der Waals surface area contributed by atoms with E-state index in [-0.39, 0.29) is 6.61 Å². The SMILES string of the molecule is CC(=O)NC1C(OC(C)=O)[C@@H](OC(C)=O)C(COC(C)=O)O[C@H]1S. The molecule has 0 aromatic rings. The highest BCUT2D eigenvalue weighted by Crippen LogP contribution is 2.28. The Bertz CT molecular complexity index is 511. The van der Waals surface area contributed by atoms with Gasteiger partial charge >= 0.3 is 17.9 Å². The third-order valence-corrected chi connectivity index (χ3v) is 3.53. The number of ether oxygens (including phenoxy) is 4. The number of carbonyl (C=O) groups is 4. The monoisotopic (exact) mass is 363 g/mol. The van der Waals surface area contributed by atoms with Crippen LogP contribution in [0.15, 0.2) is 0 Å². The first kappa shape index (κ1) is 20.2. The number of thiol groups is 1. The number of amides is 1. The van der Waals surface area contributed by atoms with Gasteiger partial charge in [-0.05, 0) is 0 Å². The molecule has 1 aliphatic heterocycles. The Kier molecular flexibility index (Phi) is 7.49. The summed E-state index contributed by atoms with van der Waals surface area (Å²) in [5.41, 5.74) is -0.870. The molecule has 0 aromatic heterocycles. The molecule has 0 saturated carbocycles. The summed E-state index contributed by atoms with van der Waals surface area (Å²) < 4.78 is 20.9. The lowest BCUT2D eigenvalue weighted by atomic mass is 9.97. The molecule has 1 heterocycles. The van der Waals surface area contributed by atoms with E-state index in [0.29, 0.717) is 0 Å². The smallest absolute Gasteiger partial charge is 0.303 e. The summed E-state index contributed by atoms with van der Waals surface area (Å²) in [5.74, 6) is -2.24. The molecule has 0 spiro atoms. The van der Waals surface area contributed by atoms with E-state index in [1.165, 1.54) is 27.7 Å². The lowest BCUT2D eigenvalue weighted by Gasteiger charge is -2.43. The molecule has 5 atom stereocenters. The van der Waals surface area contributed by atoms with Crippen LogP contribution in [0, 0.1) is 0 Å². The normalized spacial score (nSPS) is 29.3. The molecule has 0 radical (unpaired) electrons.